The molecular weight excluding hydrogens is 145 g/mol. The van der Waals surface area contributed by atoms with Crippen LogP contribution in [0.4, 0.5) is 0 Å². The minimum absolute atomic E-state index is 0. The Bertz CT molecular complexity index is 89.2. The first kappa shape index (κ1) is 7.87. The van der Waals surface area contributed by atoms with Crippen molar-refractivity contribution in [3.63, 3.8) is 0 Å². The summed E-state index contributed by atoms with van der Waals surface area (Å²) in [6, 6.07) is 2.18. The van der Waals surface area contributed by atoms with Crippen molar-refractivity contribution >= 4 is 0 Å². The standard InChI is InChI=1S/C6H8N.Co/c7-5-6-3-1-2-4-6;/h1-4H2;/q-1;+2. The van der Waals surface area contributed by atoms with Crippen LogP contribution in [0.1, 0.15) is 25.7 Å². The van der Waals surface area contributed by atoms with Crippen LogP contribution in [0.5, 0.6) is 0 Å². The van der Waals surface area contributed by atoms with Gasteiger partial charge in [0.05, 0.1) is 0 Å². The third-order valence-electron chi connectivity index (χ3n) is 1.37. The van der Waals surface area contributed by atoms with Crippen molar-refractivity contribution in [2.75, 3.05) is 0 Å². The van der Waals surface area contributed by atoms with E-state index in [0.29, 0.717) is 0 Å². The van der Waals surface area contributed by atoms with Gasteiger partial charge < -0.3 is 0 Å². The van der Waals surface area contributed by atoms with Gasteiger partial charge in [0.15, 0.2) is 0 Å². The Morgan fingerprint density at radius 2 is 1.75 bits per heavy atom. The van der Waals surface area contributed by atoms with Crippen LogP contribution >= 0.6 is 0 Å². The van der Waals surface area contributed by atoms with E-state index >= 15 is 0 Å². The van der Waals surface area contributed by atoms with E-state index in [4.69, 9.17) is 5.26 Å². The molecule has 1 rings (SSSR count). The molecule has 0 N–H and O–H groups in total. The molecule has 1 radical (unpaired) electrons. The zero-order chi connectivity index (χ0) is 5.11. The van der Waals surface area contributed by atoms with Crippen molar-refractivity contribution in [3.8, 4) is 6.07 Å². The Balaban J connectivity index is 0.000000490. The zero-order valence-corrected chi connectivity index (χ0v) is 5.65. The number of nitrogens with zero attached hydrogens (tertiary/aromatic N) is 1. The van der Waals surface area contributed by atoms with E-state index < -0.39 is 0 Å². The quantitative estimate of drug-likeness (QED) is 0.485. The molecule has 0 aromatic rings. The first-order valence-corrected chi connectivity index (χ1v) is 2.68. The fraction of sp³-hybridized carbons (Fsp3) is 0.667. The number of hydrogen-bond acceptors (Lipinski definition) is 1. The molecular formula is C6H8CoN+. The van der Waals surface area contributed by atoms with E-state index in [2.05, 4.69) is 6.07 Å². The maximum Gasteiger partial charge on any atom is 2.00 e. The van der Waals surface area contributed by atoms with Crippen LogP contribution in [-0.2, 0) is 16.8 Å². The molecule has 2 heteroatoms. The number of hydrogen-bond donors (Lipinski definition) is 0. The molecule has 0 unspecified atom stereocenters. The second-order valence-electron chi connectivity index (χ2n) is 1.92. The van der Waals surface area contributed by atoms with Crippen molar-refractivity contribution in [2.45, 2.75) is 25.7 Å². The van der Waals surface area contributed by atoms with Gasteiger partial charge in [-0.15, -0.1) is 6.07 Å². The molecule has 0 saturated heterocycles. The van der Waals surface area contributed by atoms with Gasteiger partial charge in [0.1, 0.15) is 0 Å². The van der Waals surface area contributed by atoms with Crippen LogP contribution in [0.3, 0.4) is 0 Å². The van der Waals surface area contributed by atoms with E-state index in [1.54, 1.807) is 0 Å². The van der Waals surface area contributed by atoms with E-state index in [9.17, 15) is 0 Å². The summed E-state index contributed by atoms with van der Waals surface area (Å²) in [5.74, 6) is 1.10. The minimum Gasteiger partial charge on any atom is -0.276 e. The molecule has 0 heterocycles. The van der Waals surface area contributed by atoms with Crippen LogP contribution in [0, 0.1) is 17.2 Å². The molecule has 1 nitrogen and oxygen atoms in total. The van der Waals surface area contributed by atoms with Crippen molar-refractivity contribution in [2.24, 2.45) is 0 Å². The summed E-state index contributed by atoms with van der Waals surface area (Å²) in [5, 5.41) is 8.28. The monoisotopic (exact) mass is 153 g/mol. The van der Waals surface area contributed by atoms with Crippen molar-refractivity contribution in [3.05, 3.63) is 5.92 Å². The molecule has 0 spiro atoms. The zero-order valence-electron chi connectivity index (χ0n) is 4.61. The summed E-state index contributed by atoms with van der Waals surface area (Å²) in [7, 11) is 0. The Hall–Kier alpha value is -0.134. The molecule has 1 fully saturated rings. The van der Waals surface area contributed by atoms with Crippen LogP contribution in [0.2, 0.25) is 0 Å². The molecule has 1 aliphatic carbocycles. The van der Waals surface area contributed by atoms with Crippen LogP contribution in [0.25, 0.3) is 0 Å². The Morgan fingerprint density at radius 1 is 1.25 bits per heavy atom. The van der Waals surface area contributed by atoms with Gasteiger partial charge in [0, 0.05) is 0 Å². The smallest absolute Gasteiger partial charge is 0.276 e. The van der Waals surface area contributed by atoms with Gasteiger partial charge in [-0.1, -0.05) is 12.8 Å². The molecule has 0 amide bonds. The molecule has 0 bridgehead atoms. The molecule has 0 atom stereocenters. The summed E-state index contributed by atoms with van der Waals surface area (Å²) >= 11 is 0. The molecule has 8 heavy (non-hydrogen) atoms. The summed E-state index contributed by atoms with van der Waals surface area (Å²) in [6.45, 7) is 0. The second kappa shape index (κ2) is 3.82. The van der Waals surface area contributed by atoms with Crippen molar-refractivity contribution in [1.29, 1.82) is 5.26 Å². The topological polar surface area (TPSA) is 23.8 Å². The van der Waals surface area contributed by atoms with E-state index in [-0.39, 0.29) is 16.8 Å². The second-order valence-corrected chi connectivity index (χ2v) is 1.92. The molecule has 0 aliphatic heterocycles. The third-order valence-corrected chi connectivity index (χ3v) is 1.37. The van der Waals surface area contributed by atoms with Gasteiger partial charge in [-0.25, -0.2) is 5.26 Å². The first-order valence-electron chi connectivity index (χ1n) is 2.68. The van der Waals surface area contributed by atoms with Gasteiger partial charge in [0.25, 0.3) is 0 Å². The molecule has 0 aromatic carbocycles. The van der Waals surface area contributed by atoms with Crippen LogP contribution in [0.15, 0.2) is 0 Å². The maximum absolute atomic E-state index is 8.28. The predicted molar refractivity (Wildman–Crippen MR) is 27.3 cm³/mol. The molecule has 1 saturated carbocycles. The first-order chi connectivity index (χ1) is 3.43. The average Bonchev–Trinajstić information content (AvgIpc) is 2.14. The predicted octanol–water partition coefficient (Wildman–Crippen LogP) is 1.66. The van der Waals surface area contributed by atoms with E-state index in [0.717, 1.165) is 18.8 Å². The largest absolute Gasteiger partial charge is 2.00 e. The maximum atomic E-state index is 8.28. The normalized spacial score (nSPS) is 17.1. The van der Waals surface area contributed by atoms with E-state index in [1.165, 1.54) is 12.8 Å². The van der Waals surface area contributed by atoms with E-state index in [1.807, 2.05) is 0 Å². The third kappa shape index (κ3) is 1.77. The van der Waals surface area contributed by atoms with Gasteiger partial charge in [-0.05, 0) is 0 Å². The minimum atomic E-state index is 0. The van der Waals surface area contributed by atoms with Crippen molar-refractivity contribution < 1.29 is 16.8 Å². The van der Waals surface area contributed by atoms with Crippen molar-refractivity contribution in [1.82, 2.24) is 0 Å². The van der Waals surface area contributed by atoms with Gasteiger partial charge >= 0.3 is 16.8 Å². The Labute approximate surface area is 60.3 Å². The molecule has 1 aliphatic rings. The SMILES string of the molecule is N#C[C-]1CCCC1.[Co+2]. The number of rotatable bonds is 0. The summed E-state index contributed by atoms with van der Waals surface area (Å²) < 4.78 is 0. The summed E-state index contributed by atoms with van der Waals surface area (Å²) in [6.07, 6.45) is 4.61. The van der Waals surface area contributed by atoms with Gasteiger partial charge in [-0.3, -0.25) is 5.92 Å². The summed E-state index contributed by atoms with van der Waals surface area (Å²) in [5.41, 5.74) is 0. The summed E-state index contributed by atoms with van der Waals surface area (Å²) in [4.78, 5) is 0. The Morgan fingerprint density at radius 3 is 2.00 bits per heavy atom. The van der Waals surface area contributed by atoms with Crippen LogP contribution < -0.4 is 0 Å². The fourth-order valence-electron chi connectivity index (χ4n) is 0.914. The molecule has 0 aromatic heterocycles. The van der Waals surface area contributed by atoms with Gasteiger partial charge in [0.2, 0.25) is 0 Å². The number of nitriles is 1. The van der Waals surface area contributed by atoms with Gasteiger partial charge in [-0.2, -0.15) is 12.8 Å². The fourth-order valence-corrected chi connectivity index (χ4v) is 0.914. The molecule has 45 valence electrons. The Kier molecular flexibility index (Phi) is 3.76. The average molecular weight is 153 g/mol. The van der Waals surface area contributed by atoms with Crippen LogP contribution in [-0.4, -0.2) is 0 Å².